The fourth-order valence-corrected chi connectivity index (χ4v) is 5.16. The number of hydrogen-bond donors (Lipinski definition) is 1. The Labute approximate surface area is 161 Å². The van der Waals surface area contributed by atoms with Gasteiger partial charge in [-0.15, -0.1) is 16.4 Å². The number of nitrogens with one attached hydrogen (secondary N) is 1. The topological polar surface area (TPSA) is 59.3 Å². The Morgan fingerprint density at radius 2 is 1.85 bits per heavy atom. The zero-order chi connectivity index (χ0) is 18.5. The van der Waals surface area contributed by atoms with Crippen LogP contribution in [0.25, 0.3) is 26.6 Å². The van der Waals surface area contributed by atoms with Crippen LogP contribution in [0.2, 0.25) is 0 Å². The van der Waals surface area contributed by atoms with E-state index >= 15 is 0 Å². The fourth-order valence-electron chi connectivity index (χ4n) is 4.14. The molecule has 1 aliphatic rings. The number of nitrogens with zero attached hydrogens (tertiary/aromatic N) is 3. The van der Waals surface area contributed by atoms with Crippen LogP contribution in [0.1, 0.15) is 42.5 Å². The summed E-state index contributed by atoms with van der Waals surface area (Å²) in [7, 11) is 0. The molecule has 1 fully saturated rings. The van der Waals surface area contributed by atoms with Gasteiger partial charge < -0.3 is 5.32 Å². The summed E-state index contributed by atoms with van der Waals surface area (Å²) in [5.74, 6) is 0.790. The van der Waals surface area contributed by atoms with Gasteiger partial charge in [0.15, 0.2) is 11.5 Å². The molecule has 0 atom stereocenters. The lowest BCUT2D eigenvalue weighted by atomic mass is 9.95. The maximum absolute atomic E-state index is 13.2. The van der Waals surface area contributed by atoms with Crippen LogP contribution in [0.3, 0.4) is 0 Å². The normalized spacial score (nSPS) is 15.8. The monoisotopic (exact) mass is 378 g/mol. The summed E-state index contributed by atoms with van der Waals surface area (Å²) in [5.41, 5.74) is 1.58. The minimum Gasteiger partial charge on any atom is -0.365 e. The van der Waals surface area contributed by atoms with Crippen LogP contribution in [0.15, 0.2) is 29.1 Å². The van der Waals surface area contributed by atoms with E-state index in [-0.39, 0.29) is 5.56 Å². The highest BCUT2D eigenvalue weighted by molar-refractivity contribution is 7.18. The highest BCUT2D eigenvalue weighted by Gasteiger charge is 2.19. The van der Waals surface area contributed by atoms with Crippen LogP contribution in [-0.2, 0) is 0 Å². The van der Waals surface area contributed by atoms with Gasteiger partial charge in [-0.25, -0.2) is 4.98 Å². The summed E-state index contributed by atoms with van der Waals surface area (Å²) >= 11 is 1.58. The summed E-state index contributed by atoms with van der Waals surface area (Å²) in [6.07, 6.45) is 6.12. The molecule has 138 valence electrons. The van der Waals surface area contributed by atoms with E-state index in [4.69, 9.17) is 10.1 Å². The molecule has 6 heteroatoms. The lowest BCUT2D eigenvalue weighted by molar-refractivity contribution is 0.461. The lowest BCUT2D eigenvalue weighted by Crippen LogP contribution is -2.25. The first-order chi connectivity index (χ1) is 13.1. The number of rotatable bonds is 2. The predicted octanol–water partition coefficient (Wildman–Crippen LogP) is 4.82. The van der Waals surface area contributed by atoms with Gasteiger partial charge in [-0.2, -0.15) is 4.52 Å². The molecule has 0 radical (unpaired) electrons. The van der Waals surface area contributed by atoms with Crippen molar-refractivity contribution in [2.24, 2.45) is 0 Å². The van der Waals surface area contributed by atoms with E-state index in [1.165, 1.54) is 23.8 Å². The van der Waals surface area contributed by atoms with Gasteiger partial charge in [0, 0.05) is 21.7 Å². The highest BCUT2D eigenvalue weighted by atomic mass is 32.1. The predicted molar refractivity (Wildman–Crippen MR) is 112 cm³/mol. The molecule has 5 rings (SSSR count). The number of thiophene rings is 1. The molecule has 0 saturated heterocycles. The highest BCUT2D eigenvalue weighted by Crippen LogP contribution is 2.30. The third-order valence-corrected chi connectivity index (χ3v) is 6.85. The van der Waals surface area contributed by atoms with Crippen molar-refractivity contribution < 1.29 is 0 Å². The van der Waals surface area contributed by atoms with Gasteiger partial charge >= 0.3 is 0 Å². The van der Waals surface area contributed by atoms with E-state index in [0.717, 1.165) is 44.7 Å². The SMILES string of the molecule is Cc1sc2nc3c4ccccc4c(NC4CCCCC4)nn3c(=O)c2c1C. The Kier molecular flexibility index (Phi) is 3.90. The molecule has 1 aliphatic carbocycles. The second-order valence-corrected chi connectivity index (χ2v) is 8.69. The van der Waals surface area contributed by atoms with Crippen molar-refractivity contribution in [1.82, 2.24) is 14.6 Å². The Morgan fingerprint density at radius 3 is 2.63 bits per heavy atom. The molecule has 5 nitrogen and oxygen atoms in total. The molecule has 27 heavy (non-hydrogen) atoms. The molecule has 0 amide bonds. The number of aromatic nitrogens is 3. The molecular weight excluding hydrogens is 356 g/mol. The Hall–Kier alpha value is -2.47. The van der Waals surface area contributed by atoms with E-state index < -0.39 is 0 Å². The minimum absolute atomic E-state index is 0.0747. The third-order valence-electron chi connectivity index (χ3n) is 5.75. The molecule has 1 aromatic carbocycles. The number of fused-ring (bicyclic) bond motifs is 4. The molecule has 0 bridgehead atoms. The van der Waals surface area contributed by atoms with E-state index in [9.17, 15) is 4.79 Å². The Morgan fingerprint density at radius 1 is 1.11 bits per heavy atom. The summed E-state index contributed by atoms with van der Waals surface area (Å²) < 4.78 is 1.50. The Balaban J connectivity index is 1.81. The van der Waals surface area contributed by atoms with Crippen molar-refractivity contribution in [2.75, 3.05) is 5.32 Å². The van der Waals surface area contributed by atoms with Crippen molar-refractivity contribution in [3.8, 4) is 0 Å². The second-order valence-electron chi connectivity index (χ2n) is 7.49. The van der Waals surface area contributed by atoms with Gasteiger partial charge in [-0.1, -0.05) is 43.5 Å². The van der Waals surface area contributed by atoms with Crippen LogP contribution < -0.4 is 10.9 Å². The zero-order valence-electron chi connectivity index (χ0n) is 15.6. The van der Waals surface area contributed by atoms with Gasteiger partial charge in [0.25, 0.3) is 5.56 Å². The fraction of sp³-hybridized carbons (Fsp3) is 0.381. The van der Waals surface area contributed by atoms with Crippen LogP contribution >= 0.6 is 11.3 Å². The summed E-state index contributed by atoms with van der Waals surface area (Å²) in [6.45, 7) is 4.03. The van der Waals surface area contributed by atoms with E-state index in [1.807, 2.05) is 32.0 Å². The van der Waals surface area contributed by atoms with Gasteiger partial charge in [-0.3, -0.25) is 4.79 Å². The van der Waals surface area contributed by atoms with Gasteiger partial charge in [-0.05, 0) is 32.3 Å². The Bertz CT molecular complexity index is 1230. The molecule has 3 heterocycles. The van der Waals surface area contributed by atoms with Crippen molar-refractivity contribution in [3.63, 3.8) is 0 Å². The zero-order valence-corrected chi connectivity index (χ0v) is 16.4. The molecular formula is C21H22N4OS. The summed E-state index contributed by atoms with van der Waals surface area (Å²) in [4.78, 5) is 20.0. The second kappa shape index (κ2) is 6.30. The van der Waals surface area contributed by atoms with Gasteiger partial charge in [0.05, 0.1) is 5.39 Å². The van der Waals surface area contributed by atoms with Crippen LogP contribution in [0.4, 0.5) is 5.82 Å². The summed E-state index contributed by atoms with van der Waals surface area (Å²) in [5, 5.41) is 11.0. The van der Waals surface area contributed by atoms with Crippen molar-refractivity contribution >= 4 is 43.8 Å². The van der Waals surface area contributed by atoms with Crippen LogP contribution in [-0.4, -0.2) is 20.6 Å². The quantitative estimate of drug-likeness (QED) is 0.508. The molecule has 1 N–H and O–H groups in total. The number of anilines is 1. The van der Waals surface area contributed by atoms with Gasteiger partial charge in [0.1, 0.15) is 4.83 Å². The standard InChI is InChI=1S/C21H22N4OS/c1-12-13(2)27-20-17(12)21(26)25-19(23-20)16-11-7-6-10-15(16)18(24-25)22-14-8-4-3-5-9-14/h6-7,10-11,14H,3-5,8-9H2,1-2H3,(H,22,24). The first-order valence-electron chi connectivity index (χ1n) is 9.61. The minimum atomic E-state index is -0.0747. The smallest absolute Gasteiger partial charge is 0.283 e. The number of hydrogen-bond acceptors (Lipinski definition) is 5. The molecule has 0 unspecified atom stereocenters. The maximum Gasteiger partial charge on any atom is 0.283 e. The van der Waals surface area contributed by atoms with Gasteiger partial charge in [0.2, 0.25) is 0 Å². The third kappa shape index (κ3) is 2.62. The van der Waals surface area contributed by atoms with E-state index in [0.29, 0.717) is 17.1 Å². The van der Waals surface area contributed by atoms with Crippen LogP contribution in [0, 0.1) is 13.8 Å². The van der Waals surface area contributed by atoms with Crippen molar-refractivity contribution in [3.05, 3.63) is 45.1 Å². The average Bonchev–Trinajstić information content (AvgIpc) is 2.98. The van der Waals surface area contributed by atoms with E-state index in [1.54, 1.807) is 11.3 Å². The molecule has 1 saturated carbocycles. The molecule has 3 aromatic heterocycles. The van der Waals surface area contributed by atoms with Crippen molar-refractivity contribution in [2.45, 2.75) is 52.0 Å². The molecule has 0 spiro atoms. The van der Waals surface area contributed by atoms with Crippen LogP contribution in [0.5, 0.6) is 0 Å². The number of benzene rings is 1. The lowest BCUT2D eigenvalue weighted by Gasteiger charge is -2.24. The first-order valence-corrected chi connectivity index (χ1v) is 10.4. The average molecular weight is 379 g/mol. The largest absolute Gasteiger partial charge is 0.365 e. The van der Waals surface area contributed by atoms with E-state index in [2.05, 4.69) is 11.4 Å². The molecule has 4 aromatic rings. The van der Waals surface area contributed by atoms with Crippen molar-refractivity contribution in [1.29, 1.82) is 0 Å². The molecule has 0 aliphatic heterocycles. The maximum atomic E-state index is 13.2. The summed E-state index contributed by atoms with van der Waals surface area (Å²) in [6, 6.07) is 8.53. The number of aryl methyl sites for hydroxylation is 2. The first kappa shape index (κ1) is 16.7.